The summed E-state index contributed by atoms with van der Waals surface area (Å²) in [7, 11) is 0. The number of aliphatic carboxylic acids is 1. The van der Waals surface area contributed by atoms with Crippen LogP contribution in [0.3, 0.4) is 0 Å². The number of nitrogens with one attached hydrogen (secondary N) is 1. The van der Waals surface area contributed by atoms with Crippen LogP contribution in [0.15, 0.2) is 4.52 Å². The molecule has 1 aromatic rings. The predicted octanol–water partition coefficient (Wildman–Crippen LogP) is 1.76. The van der Waals surface area contributed by atoms with Crippen LogP contribution >= 0.6 is 0 Å². The summed E-state index contributed by atoms with van der Waals surface area (Å²) < 4.78 is 5.06. The zero-order valence-electron chi connectivity index (χ0n) is 11.2. The van der Waals surface area contributed by atoms with Gasteiger partial charge in [0.15, 0.2) is 5.82 Å². The summed E-state index contributed by atoms with van der Waals surface area (Å²) in [5, 5.41) is 15.9. The highest BCUT2D eigenvalue weighted by Gasteiger charge is 2.30. The SMILES string of the molecule is CCCCc1noc(CNC(C)(CC)C(=O)O)n1. The second-order valence-electron chi connectivity index (χ2n) is 4.55. The third kappa shape index (κ3) is 3.80. The van der Waals surface area contributed by atoms with Crippen molar-refractivity contribution in [3.05, 3.63) is 11.7 Å². The van der Waals surface area contributed by atoms with Gasteiger partial charge in [0.25, 0.3) is 0 Å². The maximum Gasteiger partial charge on any atom is 0.323 e. The zero-order chi connectivity index (χ0) is 13.6. The van der Waals surface area contributed by atoms with Gasteiger partial charge >= 0.3 is 5.97 Å². The summed E-state index contributed by atoms with van der Waals surface area (Å²) in [5.74, 6) is 0.236. The first-order chi connectivity index (χ1) is 8.51. The fourth-order valence-electron chi connectivity index (χ4n) is 1.42. The third-order valence-electron chi connectivity index (χ3n) is 3.07. The van der Waals surface area contributed by atoms with E-state index in [0.717, 1.165) is 19.3 Å². The predicted molar refractivity (Wildman–Crippen MR) is 66.1 cm³/mol. The average molecular weight is 255 g/mol. The summed E-state index contributed by atoms with van der Waals surface area (Å²) in [6, 6.07) is 0. The highest BCUT2D eigenvalue weighted by Crippen LogP contribution is 2.11. The van der Waals surface area contributed by atoms with Crippen LogP contribution in [0.4, 0.5) is 0 Å². The van der Waals surface area contributed by atoms with Crippen LogP contribution < -0.4 is 5.32 Å². The van der Waals surface area contributed by atoms with E-state index in [2.05, 4.69) is 22.4 Å². The van der Waals surface area contributed by atoms with E-state index < -0.39 is 11.5 Å². The Morgan fingerprint density at radius 3 is 2.78 bits per heavy atom. The van der Waals surface area contributed by atoms with Crippen molar-refractivity contribution < 1.29 is 14.4 Å². The van der Waals surface area contributed by atoms with E-state index in [4.69, 9.17) is 9.63 Å². The molecule has 0 aliphatic heterocycles. The molecule has 0 fully saturated rings. The lowest BCUT2D eigenvalue weighted by Gasteiger charge is -2.23. The number of aryl methyl sites for hydroxylation is 1. The minimum atomic E-state index is -0.960. The Hall–Kier alpha value is -1.43. The van der Waals surface area contributed by atoms with Gasteiger partial charge in [-0.15, -0.1) is 0 Å². The molecule has 0 aromatic carbocycles. The molecule has 1 aromatic heterocycles. The first kappa shape index (κ1) is 14.6. The molecule has 6 nitrogen and oxygen atoms in total. The largest absolute Gasteiger partial charge is 0.480 e. The van der Waals surface area contributed by atoms with Crippen molar-refractivity contribution >= 4 is 5.97 Å². The number of nitrogens with zero attached hydrogens (tertiary/aromatic N) is 2. The smallest absolute Gasteiger partial charge is 0.323 e. The van der Waals surface area contributed by atoms with Crippen molar-refractivity contribution in [2.24, 2.45) is 0 Å². The molecule has 0 saturated carbocycles. The highest BCUT2D eigenvalue weighted by molar-refractivity contribution is 5.78. The van der Waals surface area contributed by atoms with Gasteiger partial charge in [0, 0.05) is 6.42 Å². The summed E-state index contributed by atoms with van der Waals surface area (Å²) in [4.78, 5) is 15.3. The molecule has 0 spiro atoms. The van der Waals surface area contributed by atoms with Gasteiger partial charge in [-0.2, -0.15) is 4.98 Å². The number of unbranched alkanes of at least 4 members (excludes halogenated alkanes) is 1. The molecule has 18 heavy (non-hydrogen) atoms. The fourth-order valence-corrected chi connectivity index (χ4v) is 1.42. The topological polar surface area (TPSA) is 88.2 Å². The molecule has 0 amide bonds. The Morgan fingerprint density at radius 2 is 2.22 bits per heavy atom. The van der Waals surface area contributed by atoms with Gasteiger partial charge < -0.3 is 9.63 Å². The van der Waals surface area contributed by atoms with Crippen LogP contribution in [-0.2, 0) is 17.8 Å². The van der Waals surface area contributed by atoms with E-state index in [-0.39, 0.29) is 6.54 Å². The van der Waals surface area contributed by atoms with Crippen molar-refractivity contribution in [1.29, 1.82) is 0 Å². The Labute approximate surface area is 107 Å². The van der Waals surface area contributed by atoms with E-state index in [1.165, 1.54) is 0 Å². The number of carboxylic acids is 1. The van der Waals surface area contributed by atoms with Gasteiger partial charge in [-0.1, -0.05) is 25.4 Å². The molecule has 1 atom stereocenters. The molecular formula is C12H21N3O3. The normalized spacial score (nSPS) is 14.4. The van der Waals surface area contributed by atoms with Crippen LogP contribution in [-0.4, -0.2) is 26.8 Å². The molecule has 1 heterocycles. The molecular weight excluding hydrogens is 234 g/mol. The molecule has 6 heteroatoms. The molecule has 0 aliphatic carbocycles. The highest BCUT2D eigenvalue weighted by atomic mass is 16.5. The Balaban J connectivity index is 2.52. The average Bonchev–Trinajstić information content (AvgIpc) is 2.81. The Bertz CT molecular complexity index is 392. The van der Waals surface area contributed by atoms with Crippen LogP contribution in [0, 0.1) is 0 Å². The number of hydrogen-bond donors (Lipinski definition) is 2. The number of hydrogen-bond acceptors (Lipinski definition) is 5. The van der Waals surface area contributed by atoms with Crippen LogP contribution in [0.25, 0.3) is 0 Å². The third-order valence-corrected chi connectivity index (χ3v) is 3.07. The second kappa shape index (κ2) is 6.49. The van der Waals surface area contributed by atoms with Crippen molar-refractivity contribution in [3.63, 3.8) is 0 Å². The molecule has 102 valence electrons. The molecule has 1 unspecified atom stereocenters. The van der Waals surface area contributed by atoms with E-state index in [1.807, 2.05) is 6.92 Å². The van der Waals surface area contributed by atoms with Gasteiger partial charge in [0.05, 0.1) is 6.54 Å². The van der Waals surface area contributed by atoms with Crippen molar-refractivity contribution in [2.45, 2.75) is 58.5 Å². The quantitative estimate of drug-likeness (QED) is 0.735. The number of carbonyl (C=O) groups is 1. The fraction of sp³-hybridized carbons (Fsp3) is 0.750. The molecule has 0 aliphatic rings. The van der Waals surface area contributed by atoms with Gasteiger partial charge in [0.1, 0.15) is 5.54 Å². The molecule has 2 N–H and O–H groups in total. The van der Waals surface area contributed by atoms with Crippen LogP contribution in [0.2, 0.25) is 0 Å². The summed E-state index contributed by atoms with van der Waals surface area (Å²) in [6.07, 6.45) is 3.38. The van der Waals surface area contributed by atoms with Gasteiger partial charge in [0.2, 0.25) is 5.89 Å². The lowest BCUT2D eigenvalue weighted by atomic mass is 9.99. The summed E-state index contributed by atoms with van der Waals surface area (Å²) in [6.45, 7) is 5.84. The molecule has 0 radical (unpaired) electrons. The number of aromatic nitrogens is 2. The van der Waals surface area contributed by atoms with E-state index in [0.29, 0.717) is 18.1 Å². The van der Waals surface area contributed by atoms with Crippen molar-refractivity contribution in [3.8, 4) is 0 Å². The number of carboxylic acid groups (broad SMARTS) is 1. The summed E-state index contributed by atoms with van der Waals surface area (Å²) in [5.41, 5.74) is -0.960. The minimum absolute atomic E-state index is 0.274. The zero-order valence-corrected chi connectivity index (χ0v) is 11.2. The summed E-state index contributed by atoms with van der Waals surface area (Å²) >= 11 is 0. The van der Waals surface area contributed by atoms with Gasteiger partial charge in [-0.05, 0) is 19.8 Å². The van der Waals surface area contributed by atoms with E-state index in [1.54, 1.807) is 6.92 Å². The number of rotatable bonds is 8. The minimum Gasteiger partial charge on any atom is -0.480 e. The lowest BCUT2D eigenvalue weighted by Crippen LogP contribution is -2.48. The van der Waals surface area contributed by atoms with E-state index >= 15 is 0 Å². The second-order valence-corrected chi connectivity index (χ2v) is 4.55. The Kier molecular flexibility index (Phi) is 5.27. The molecule has 0 saturated heterocycles. The van der Waals surface area contributed by atoms with Crippen LogP contribution in [0.5, 0.6) is 0 Å². The van der Waals surface area contributed by atoms with Gasteiger partial charge in [-0.25, -0.2) is 0 Å². The van der Waals surface area contributed by atoms with Gasteiger partial charge in [-0.3, -0.25) is 10.1 Å². The lowest BCUT2D eigenvalue weighted by molar-refractivity contribution is -0.144. The monoisotopic (exact) mass is 255 g/mol. The maximum absolute atomic E-state index is 11.1. The van der Waals surface area contributed by atoms with Crippen molar-refractivity contribution in [2.75, 3.05) is 0 Å². The van der Waals surface area contributed by atoms with Crippen LogP contribution in [0.1, 0.15) is 51.7 Å². The van der Waals surface area contributed by atoms with Crippen molar-refractivity contribution in [1.82, 2.24) is 15.5 Å². The first-order valence-electron chi connectivity index (χ1n) is 6.31. The van der Waals surface area contributed by atoms with E-state index in [9.17, 15) is 4.79 Å². The first-order valence-corrected chi connectivity index (χ1v) is 6.31. The molecule has 1 rings (SSSR count). The molecule has 0 bridgehead atoms. The Morgan fingerprint density at radius 1 is 1.50 bits per heavy atom. The standard InChI is InChI=1S/C12H21N3O3/c1-4-6-7-9-14-10(18-15-9)8-13-12(3,5-2)11(16)17/h13H,4-8H2,1-3H3,(H,16,17). The maximum atomic E-state index is 11.1.